The molecule has 0 aliphatic rings. The minimum atomic E-state index is 0.470. The fourth-order valence-corrected chi connectivity index (χ4v) is 2.48. The molecule has 2 aromatic carbocycles. The summed E-state index contributed by atoms with van der Waals surface area (Å²) >= 11 is 0. The Bertz CT molecular complexity index is 705. The maximum Gasteiger partial charge on any atom is 0.138 e. The van der Waals surface area contributed by atoms with Gasteiger partial charge in [0.15, 0.2) is 0 Å². The van der Waals surface area contributed by atoms with Crippen molar-refractivity contribution in [3.05, 3.63) is 59.7 Å². The number of hydrogen-bond acceptors (Lipinski definition) is 1. The number of fused-ring (bicyclic) bond motifs is 1. The highest BCUT2D eigenvalue weighted by Gasteiger charge is 2.13. The lowest BCUT2D eigenvalue weighted by atomic mass is 9.99. The Morgan fingerprint density at radius 2 is 1.68 bits per heavy atom. The first-order valence-electron chi connectivity index (χ1n) is 6.75. The van der Waals surface area contributed by atoms with Crippen molar-refractivity contribution in [1.82, 2.24) is 0 Å². The molecule has 1 heteroatoms. The van der Waals surface area contributed by atoms with E-state index in [0.717, 1.165) is 16.9 Å². The van der Waals surface area contributed by atoms with Crippen molar-refractivity contribution < 1.29 is 4.42 Å². The van der Waals surface area contributed by atoms with Crippen molar-refractivity contribution in [3.8, 4) is 11.3 Å². The van der Waals surface area contributed by atoms with Crippen LogP contribution in [0.2, 0.25) is 0 Å². The van der Waals surface area contributed by atoms with Crippen LogP contribution < -0.4 is 0 Å². The Hall–Kier alpha value is -2.02. The number of hydrogen-bond donors (Lipinski definition) is 0. The number of aryl methyl sites for hydroxylation is 1. The molecule has 96 valence electrons. The van der Waals surface area contributed by atoms with Crippen LogP contribution in [0.15, 0.2) is 52.9 Å². The van der Waals surface area contributed by atoms with E-state index in [-0.39, 0.29) is 0 Å². The van der Waals surface area contributed by atoms with E-state index in [0.29, 0.717) is 5.92 Å². The predicted octanol–water partition coefficient (Wildman–Crippen LogP) is 5.53. The molecule has 0 aliphatic carbocycles. The summed E-state index contributed by atoms with van der Waals surface area (Å²) in [5.41, 5.74) is 4.72. The maximum atomic E-state index is 6.13. The third kappa shape index (κ3) is 2.06. The first-order chi connectivity index (χ1) is 9.16. The van der Waals surface area contributed by atoms with E-state index in [2.05, 4.69) is 51.1 Å². The summed E-state index contributed by atoms with van der Waals surface area (Å²) in [7, 11) is 0. The zero-order chi connectivity index (χ0) is 13.4. The van der Waals surface area contributed by atoms with Gasteiger partial charge in [-0.15, -0.1) is 0 Å². The fraction of sp³-hybridized carbons (Fsp3) is 0.222. The van der Waals surface area contributed by atoms with E-state index >= 15 is 0 Å². The molecule has 0 saturated heterocycles. The molecular formula is C18H18O. The number of benzene rings is 2. The van der Waals surface area contributed by atoms with Gasteiger partial charge < -0.3 is 4.42 Å². The second-order valence-corrected chi connectivity index (χ2v) is 5.35. The van der Waals surface area contributed by atoms with Gasteiger partial charge in [0.25, 0.3) is 0 Å². The molecule has 3 rings (SSSR count). The van der Waals surface area contributed by atoms with E-state index in [9.17, 15) is 0 Å². The van der Waals surface area contributed by atoms with E-state index in [4.69, 9.17) is 4.42 Å². The SMILES string of the molecule is Cc1ccc(C(C)C)c2oc(-c3ccccc3)cc12. The molecular weight excluding hydrogens is 232 g/mol. The van der Waals surface area contributed by atoms with Crippen LogP contribution in [0.25, 0.3) is 22.3 Å². The molecule has 0 amide bonds. The summed E-state index contributed by atoms with van der Waals surface area (Å²) in [5, 5.41) is 1.23. The smallest absolute Gasteiger partial charge is 0.138 e. The zero-order valence-corrected chi connectivity index (χ0v) is 11.6. The van der Waals surface area contributed by atoms with Crippen molar-refractivity contribution in [2.75, 3.05) is 0 Å². The van der Waals surface area contributed by atoms with Crippen LogP contribution in [0.3, 0.4) is 0 Å². The Labute approximate surface area is 113 Å². The van der Waals surface area contributed by atoms with E-state index < -0.39 is 0 Å². The second-order valence-electron chi connectivity index (χ2n) is 5.35. The third-order valence-corrected chi connectivity index (χ3v) is 3.61. The lowest BCUT2D eigenvalue weighted by molar-refractivity contribution is 0.622. The minimum absolute atomic E-state index is 0.470. The highest BCUT2D eigenvalue weighted by Crippen LogP contribution is 2.34. The van der Waals surface area contributed by atoms with Gasteiger partial charge in [-0.05, 0) is 30.0 Å². The summed E-state index contributed by atoms with van der Waals surface area (Å²) in [6.45, 7) is 6.54. The van der Waals surface area contributed by atoms with Crippen molar-refractivity contribution >= 4 is 11.0 Å². The molecule has 1 aromatic heterocycles. The van der Waals surface area contributed by atoms with E-state index in [1.807, 2.05) is 18.2 Å². The van der Waals surface area contributed by atoms with Crippen molar-refractivity contribution in [2.45, 2.75) is 26.7 Å². The molecule has 1 heterocycles. The molecule has 0 N–H and O–H groups in total. The van der Waals surface area contributed by atoms with Crippen LogP contribution in [0.5, 0.6) is 0 Å². The zero-order valence-electron chi connectivity index (χ0n) is 11.6. The lowest BCUT2D eigenvalue weighted by Gasteiger charge is -2.06. The lowest BCUT2D eigenvalue weighted by Crippen LogP contribution is -1.88. The van der Waals surface area contributed by atoms with Gasteiger partial charge in [0.1, 0.15) is 11.3 Å². The third-order valence-electron chi connectivity index (χ3n) is 3.61. The van der Waals surface area contributed by atoms with E-state index in [1.165, 1.54) is 16.5 Å². The summed E-state index contributed by atoms with van der Waals surface area (Å²) in [4.78, 5) is 0. The summed E-state index contributed by atoms with van der Waals surface area (Å²) in [6, 6.07) is 16.8. The molecule has 0 spiro atoms. The Kier molecular flexibility index (Phi) is 2.90. The maximum absolute atomic E-state index is 6.13. The Morgan fingerprint density at radius 3 is 2.37 bits per heavy atom. The average Bonchev–Trinajstić information content (AvgIpc) is 2.85. The highest BCUT2D eigenvalue weighted by molar-refractivity contribution is 5.88. The molecule has 0 atom stereocenters. The van der Waals surface area contributed by atoms with Gasteiger partial charge in [-0.3, -0.25) is 0 Å². The van der Waals surface area contributed by atoms with Crippen molar-refractivity contribution in [2.24, 2.45) is 0 Å². The molecule has 0 unspecified atom stereocenters. The average molecular weight is 250 g/mol. The van der Waals surface area contributed by atoms with E-state index in [1.54, 1.807) is 0 Å². The molecule has 0 radical (unpaired) electrons. The number of furan rings is 1. The van der Waals surface area contributed by atoms with Gasteiger partial charge in [0.05, 0.1) is 0 Å². The van der Waals surface area contributed by atoms with Crippen molar-refractivity contribution in [1.29, 1.82) is 0 Å². The van der Waals surface area contributed by atoms with Gasteiger partial charge in [0.2, 0.25) is 0 Å². The van der Waals surface area contributed by atoms with Gasteiger partial charge in [-0.25, -0.2) is 0 Å². The minimum Gasteiger partial charge on any atom is -0.456 e. The van der Waals surface area contributed by atoms with Gasteiger partial charge >= 0.3 is 0 Å². The summed E-state index contributed by atoms with van der Waals surface area (Å²) in [5.74, 6) is 1.42. The van der Waals surface area contributed by atoms with Crippen LogP contribution in [0, 0.1) is 6.92 Å². The standard InChI is InChI=1S/C18H18O/c1-12(2)15-10-9-13(3)16-11-17(19-18(15)16)14-7-5-4-6-8-14/h4-12H,1-3H3. The van der Waals surface area contributed by atoms with Gasteiger partial charge in [-0.2, -0.15) is 0 Å². The van der Waals surface area contributed by atoms with Crippen LogP contribution >= 0.6 is 0 Å². The molecule has 0 aliphatic heterocycles. The number of rotatable bonds is 2. The summed E-state index contributed by atoms with van der Waals surface area (Å²) in [6.07, 6.45) is 0. The normalized spacial score (nSPS) is 11.4. The van der Waals surface area contributed by atoms with Gasteiger partial charge in [-0.1, -0.05) is 56.3 Å². The van der Waals surface area contributed by atoms with Crippen LogP contribution in [0.1, 0.15) is 30.9 Å². The first-order valence-corrected chi connectivity index (χ1v) is 6.75. The van der Waals surface area contributed by atoms with Crippen molar-refractivity contribution in [3.63, 3.8) is 0 Å². The highest BCUT2D eigenvalue weighted by atomic mass is 16.3. The quantitative estimate of drug-likeness (QED) is 0.582. The monoisotopic (exact) mass is 250 g/mol. The summed E-state index contributed by atoms with van der Waals surface area (Å²) < 4.78 is 6.13. The first kappa shape index (κ1) is 12.0. The van der Waals surface area contributed by atoms with Crippen LogP contribution in [-0.2, 0) is 0 Å². The second kappa shape index (κ2) is 4.58. The molecule has 3 aromatic rings. The predicted molar refractivity (Wildman–Crippen MR) is 80.5 cm³/mol. The largest absolute Gasteiger partial charge is 0.456 e. The van der Waals surface area contributed by atoms with Crippen LogP contribution in [0.4, 0.5) is 0 Å². The molecule has 0 bridgehead atoms. The Balaban J connectivity index is 2.26. The molecule has 19 heavy (non-hydrogen) atoms. The van der Waals surface area contributed by atoms with Crippen LogP contribution in [-0.4, -0.2) is 0 Å². The topological polar surface area (TPSA) is 13.1 Å². The fourth-order valence-electron chi connectivity index (χ4n) is 2.48. The molecule has 1 nitrogen and oxygen atoms in total. The molecule has 0 saturated carbocycles. The molecule has 0 fully saturated rings. The Morgan fingerprint density at radius 1 is 0.947 bits per heavy atom. The van der Waals surface area contributed by atoms with Gasteiger partial charge in [0, 0.05) is 10.9 Å².